The number of carbonyl (C=O) groups is 1. The summed E-state index contributed by atoms with van der Waals surface area (Å²) in [5.41, 5.74) is 0.162. The monoisotopic (exact) mass is 287 g/mol. The number of amides is 1. The molecule has 0 aliphatic heterocycles. The lowest BCUT2D eigenvalue weighted by atomic mass is 9.86. The van der Waals surface area contributed by atoms with Gasteiger partial charge >= 0.3 is 0 Å². The summed E-state index contributed by atoms with van der Waals surface area (Å²) in [6.07, 6.45) is 10.6. The summed E-state index contributed by atoms with van der Waals surface area (Å²) < 4.78 is 0. The smallest absolute Gasteiger partial charge is 0.220 e. The fourth-order valence-corrected chi connectivity index (χ4v) is 3.00. The average Bonchev–Trinajstić information content (AvgIpc) is 2.42. The third kappa shape index (κ3) is 7.81. The van der Waals surface area contributed by atoms with Crippen LogP contribution in [0.25, 0.3) is 0 Å². The number of hydrogen-bond donors (Lipinski definition) is 1. The van der Waals surface area contributed by atoms with Gasteiger partial charge < -0.3 is 5.32 Å². The lowest BCUT2D eigenvalue weighted by Gasteiger charge is -2.25. The van der Waals surface area contributed by atoms with Gasteiger partial charge in [0.15, 0.2) is 0 Å². The van der Waals surface area contributed by atoms with Crippen LogP contribution in [-0.2, 0) is 4.79 Å². The second kappa shape index (κ2) is 8.84. The van der Waals surface area contributed by atoms with E-state index in [1.165, 1.54) is 32.1 Å². The first-order chi connectivity index (χ1) is 9.03. The molecule has 0 spiro atoms. The molecule has 1 rings (SSSR count). The second-order valence-corrected chi connectivity index (χ2v) is 7.15. The highest BCUT2D eigenvalue weighted by Crippen LogP contribution is 2.27. The van der Waals surface area contributed by atoms with E-state index < -0.39 is 0 Å². The third-order valence-corrected chi connectivity index (χ3v) is 4.52. The number of hydrogen-bond acceptors (Lipinski definition) is 1. The molecular formula is C16H30ClNO. The van der Waals surface area contributed by atoms with Crippen molar-refractivity contribution in [2.45, 2.75) is 71.6 Å². The Hall–Kier alpha value is -0.240. The molecule has 0 aromatic heterocycles. The third-order valence-electron chi connectivity index (χ3n) is 4.26. The number of nitrogens with one attached hydrogen (secondary N) is 1. The predicted molar refractivity (Wildman–Crippen MR) is 82.6 cm³/mol. The first-order valence-electron chi connectivity index (χ1n) is 7.86. The van der Waals surface area contributed by atoms with E-state index in [0.717, 1.165) is 31.7 Å². The highest BCUT2D eigenvalue weighted by molar-refractivity contribution is 6.17. The minimum atomic E-state index is 0.162. The Morgan fingerprint density at radius 1 is 1.26 bits per heavy atom. The molecule has 1 amide bonds. The molecule has 0 radical (unpaired) electrons. The number of carbonyl (C=O) groups excluding carboxylic acids is 1. The van der Waals surface area contributed by atoms with Gasteiger partial charge in [-0.25, -0.2) is 0 Å². The minimum Gasteiger partial charge on any atom is -0.356 e. The Labute approximate surface area is 123 Å². The average molecular weight is 288 g/mol. The van der Waals surface area contributed by atoms with Crippen LogP contribution in [0, 0.1) is 11.3 Å². The van der Waals surface area contributed by atoms with Crippen LogP contribution in [-0.4, -0.2) is 18.3 Å². The molecule has 2 nitrogen and oxygen atoms in total. The zero-order valence-corrected chi connectivity index (χ0v) is 13.4. The summed E-state index contributed by atoms with van der Waals surface area (Å²) in [5, 5.41) is 3.09. The van der Waals surface area contributed by atoms with Gasteiger partial charge in [0, 0.05) is 18.8 Å². The van der Waals surface area contributed by atoms with Crippen LogP contribution in [0.15, 0.2) is 0 Å². The lowest BCUT2D eigenvalue weighted by molar-refractivity contribution is -0.121. The van der Waals surface area contributed by atoms with E-state index in [0.29, 0.717) is 12.3 Å². The van der Waals surface area contributed by atoms with Gasteiger partial charge in [-0.15, -0.1) is 11.6 Å². The second-order valence-electron chi connectivity index (χ2n) is 6.78. The SMILES string of the molecule is CC(C)(CCCCl)CNC(=O)CCC1CCCCC1. The van der Waals surface area contributed by atoms with Crippen molar-refractivity contribution in [3.63, 3.8) is 0 Å². The molecule has 0 aromatic rings. The molecule has 0 unspecified atom stereocenters. The summed E-state index contributed by atoms with van der Waals surface area (Å²) in [4.78, 5) is 11.9. The fraction of sp³-hybridized carbons (Fsp3) is 0.938. The maximum atomic E-state index is 11.9. The summed E-state index contributed by atoms with van der Waals surface area (Å²) >= 11 is 5.72. The maximum absolute atomic E-state index is 11.9. The predicted octanol–water partition coefficient (Wildman–Crippen LogP) is 4.51. The Balaban J connectivity index is 2.12. The van der Waals surface area contributed by atoms with Crippen molar-refractivity contribution in [2.24, 2.45) is 11.3 Å². The van der Waals surface area contributed by atoms with Crippen LogP contribution in [0.4, 0.5) is 0 Å². The van der Waals surface area contributed by atoms with Gasteiger partial charge in [0.05, 0.1) is 0 Å². The van der Waals surface area contributed by atoms with Crippen LogP contribution < -0.4 is 5.32 Å². The molecule has 19 heavy (non-hydrogen) atoms. The van der Waals surface area contributed by atoms with Crippen molar-refractivity contribution in [2.75, 3.05) is 12.4 Å². The Morgan fingerprint density at radius 2 is 1.95 bits per heavy atom. The molecule has 0 saturated heterocycles. The van der Waals surface area contributed by atoms with E-state index in [4.69, 9.17) is 11.6 Å². The van der Waals surface area contributed by atoms with E-state index in [1.54, 1.807) is 0 Å². The van der Waals surface area contributed by atoms with Crippen molar-refractivity contribution in [1.82, 2.24) is 5.32 Å². The van der Waals surface area contributed by atoms with Crippen molar-refractivity contribution >= 4 is 17.5 Å². The van der Waals surface area contributed by atoms with Crippen LogP contribution in [0.3, 0.4) is 0 Å². The highest BCUT2D eigenvalue weighted by Gasteiger charge is 2.19. The first kappa shape index (κ1) is 16.8. The molecule has 112 valence electrons. The molecule has 1 N–H and O–H groups in total. The summed E-state index contributed by atoms with van der Waals surface area (Å²) in [6.45, 7) is 5.16. The molecule has 3 heteroatoms. The van der Waals surface area contributed by atoms with Crippen molar-refractivity contribution in [3.8, 4) is 0 Å². The molecule has 0 bridgehead atoms. The first-order valence-corrected chi connectivity index (χ1v) is 8.39. The lowest BCUT2D eigenvalue weighted by Crippen LogP contribution is -2.34. The molecule has 1 aliphatic rings. The molecular weight excluding hydrogens is 258 g/mol. The zero-order chi connectivity index (χ0) is 14.1. The van der Waals surface area contributed by atoms with Gasteiger partial charge in [-0.1, -0.05) is 46.0 Å². The van der Waals surface area contributed by atoms with E-state index in [-0.39, 0.29) is 11.3 Å². The topological polar surface area (TPSA) is 29.1 Å². The van der Waals surface area contributed by atoms with Gasteiger partial charge in [-0.05, 0) is 30.6 Å². The molecule has 1 fully saturated rings. The summed E-state index contributed by atoms with van der Waals surface area (Å²) in [6, 6.07) is 0. The van der Waals surface area contributed by atoms with Gasteiger partial charge in [0.2, 0.25) is 5.91 Å². The van der Waals surface area contributed by atoms with Gasteiger partial charge in [0.25, 0.3) is 0 Å². The number of rotatable bonds is 8. The van der Waals surface area contributed by atoms with Crippen LogP contribution in [0.2, 0.25) is 0 Å². The molecule has 1 saturated carbocycles. The van der Waals surface area contributed by atoms with Gasteiger partial charge in [0.1, 0.15) is 0 Å². The maximum Gasteiger partial charge on any atom is 0.220 e. The Kier molecular flexibility index (Phi) is 7.82. The van der Waals surface area contributed by atoms with Crippen LogP contribution >= 0.6 is 11.6 Å². The van der Waals surface area contributed by atoms with E-state index in [9.17, 15) is 4.79 Å². The fourth-order valence-electron chi connectivity index (χ4n) is 2.87. The Bertz CT molecular complexity index is 259. The zero-order valence-electron chi connectivity index (χ0n) is 12.6. The minimum absolute atomic E-state index is 0.162. The van der Waals surface area contributed by atoms with Crippen molar-refractivity contribution < 1.29 is 4.79 Å². The Morgan fingerprint density at radius 3 is 2.58 bits per heavy atom. The van der Waals surface area contributed by atoms with Crippen molar-refractivity contribution in [3.05, 3.63) is 0 Å². The van der Waals surface area contributed by atoms with Crippen LogP contribution in [0.1, 0.15) is 71.6 Å². The van der Waals surface area contributed by atoms with Crippen molar-refractivity contribution in [1.29, 1.82) is 0 Å². The quantitative estimate of drug-likeness (QED) is 0.654. The summed E-state index contributed by atoms with van der Waals surface area (Å²) in [5.74, 6) is 1.73. The molecule has 1 aliphatic carbocycles. The van der Waals surface area contributed by atoms with E-state index in [2.05, 4.69) is 19.2 Å². The summed E-state index contributed by atoms with van der Waals surface area (Å²) in [7, 11) is 0. The molecule has 0 heterocycles. The van der Waals surface area contributed by atoms with Gasteiger partial charge in [-0.3, -0.25) is 4.79 Å². The standard InChI is InChI=1S/C16H30ClNO/c1-16(2,11-6-12-17)13-18-15(19)10-9-14-7-4-3-5-8-14/h14H,3-13H2,1-2H3,(H,18,19). The number of alkyl halides is 1. The molecule has 0 aromatic carbocycles. The van der Waals surface area contributed by atoms with Gasteiger partial charge in [-0.2, -0.15) is 0 Å². The molecule has 0 atom stereocenters. The highest BCUT2D eigenvalue weighted by atomic mass is 35.5. The van der Waals surface area contributed by atoms with E-state index >= 15 is 0 Å². The van der Waals surface area contributed by atoms with Crippen LogP contribution in [0.5, 0.6) is 0 Å². The number of halogens is 1. The largest absolute Gasteiger partial charge is 0.356 e. The van der Waals surface area contributed by atoms with E-state index in [1.807, 2.05) is 0 Å². The normalized spacial score (nSPS) is 17.4.